The van der Waals surface area contributed by atoms with Crippen LogP contribution in [-0.4, -0.2) is 35.8 Å². The number of nitrogens with one attached hydrogen (secondary N) is 1. The summed E-state index contributed by atoms with van der Waals surface area (Å²) in [6, 6.07) is 9.85. The minimum Gasteiger partial charge on any atom is -0.508 e. The standard InChI is InChI=1S/C17H18N6O3/c1-12-8-15(24)10-17(26)22(12)7-3-6-16(25)19-13-4-2-5-14(9-13)23-11-18-20-21-23/h2,4-5,8-11,24H,3,6-7H2,1H3,(H,19,25). The van der Waals surface area contributed by atoms with Crippen LogP contribution in [0, 0.1) is 6.92 Å². The maximum atomic E-state index is 12.1. The summed E-state index contributed by atoms with van der Waals surface area (Å²) >= 11 is 0. The van der Waals surface area contributed by atoms with E-state index in [-0.39, 0.29) is 23.6 Å². The Morgan fingerprint density at radius 2 is 2.12 bits per heavy atom. The molecule has 3 aromatic rings. The Bertz CT molecular complexity index is 965. The predicted molar refractivity (Wildman–Crippen MR) is 94.1 cm³/mol. The normalized spacial score (nSPS) is 10.7. The summed E-state index contributed by atoms with van der Waals surface area (Å²) in [5.74, 6) is -0.202. The van der Waals surface area contributed by atoms with E-state index in [4.69, 9.17) is 0 Å². The molecule has 26 heavy (non-hydrogen) atoms. The van der Waals surface area contributed by atoms with E-state index in [9.17, 15) is 14.7 Å². The third-order valence-corrected chi connectivity index (χ3v) is 3.85. The smallest absolute Gasteiger partial charge is 0.254 e. The number of rotatable bonds is 6. The number of amides is 1. The first kappa shape index (κ1) is 17.3. The molecular weight excluding hydrogens is 336 g/mol. The van der Waals surface area contributed by atoms with Gasteiger partial charge in [0.1, 0.15) is 12.1 Å². The summed E-state index contributed by atoms with van der Waals surface area (Å²) in [6.07, 6.45) is 2.24. The molecule has 0 atom stereocenters. The fourth-order valence-electron chi connectivity index (χ4n) is 2.63. The Kier molecular flexibility index (Phi) is 5.07. The first-order chi connectivity index (χ1) is 12.5. The lowest BCUT2D eigenvalue weighted by Gasteiger charge is -2.10. The van der Waals surface area contributed by atoms with Crippen LogP contribution in [0.5, 0.6) is 5.75 Å². The van der Waals surface area contributed by atoms with Crippen molar-refractivity contribution in [2.24, 2.45) is 0 Å². The summed E-state index contributed by atoms with van der Waals surface area (Å²) in [4.78, 5) is 24.0. The van der Waals surface area contributed by atoms with Gasteiger partial charge in [0.05, 0.1) is 5.69 Å². The number of hydrogen-bond acceptors (Lipinski definition) is 6. The zero-order valence-corrected chi connectivity index (χ0v) is 14.2. The fraction of sp³-hybridized carbons (Fsp3) is 0.235. The Morgan fingerprint density at radius 1 is 1.27 bits per heavy atom. The van der Waals surface area contributed by atoms with Gasteiger partial charge in [0.15, 0.2) is 0 Å². The molecule has 0 bridgehead atoms. The third-order valence-electron chi connectivity index (χ3n) is 3.85. The van der Waals surface area contributed by atoms with Gasteiger partial charge in [-0.3, -0.25) is 9.59 Å². The number of benzene rings is 1. The van der Waals surface area contributed by atoms with E-state index in [0.717, 1.165) is 11.8 Å². The van der Waals surface area contributed by atoms with Gasteiger partial charge in [-0.15, -0.1) is 5.10 Å². The third kappa shape index (κ3) is 4.12. The largest absolute Gasteiger partial charge is 0.508 e. The Balaban J connectivity index is 1.57. The van der Waals surface area contributed by atoms with Crippen LogP contribution < -0.4 is 10.9 Å². The van der Waals surface area contributed by atoms with Crippen LogP contribution >= 0.6 is 0 Å². The molecule has 2 heterocycles. The van der Waals surface area contributed by atoms with Gasteiger partial charge in [0, 0.05) is 30.4 Å². The molecule has 0 unspecified atom stereocenters. The molecule has 0 saturated heterocycles. The quantitative estimate of drug-likeness (QED) is 0.688. The summed E-state index contributed by atoms with van der Waals surface area (Å²) < 4.78 is 3.03. The average Bonchev–Trinajstić information content (AvgIpc) is 3.12. The minimum atomic E-state index is -0.281. The van der Waals surface area contributed by atoms with Crippen molar-refractivity contribution in [3.63, 3.8) is 0 Å². The number of carbonyl (C=O) groups is 1. The molecule has 2 aromatic heterocycles. The van der Waals surface area contributed by atoms with Crippen molar-refractivity contribution in [1.29, 1.82) is 0 Å². The average molecular weight is 354 g/mol. The molecule has 2 N–H and O–H groups in total. The van der Waals surface area contributed by atoms with Gasteiger partial charge in [-0.2, -0.15) is 0 Å². The summed E-state index contributed by atoms with van der Waals surface area (Å²) in [5.41, 5.74) is 1.75. The molecule has 0 radical (unpaired) electrons. The highest BCUT2D eigenvalue weighted by Crippen LogP contribution is 2.14. The lowest BCUT2D eigenvalue weighted by Crippen LogP contribution is -2.22. The lowest BCUT2D eigenvalue weighted by atomic mass is 10.2. The molecular formula is C17H18N6O3. The van der Waals surface area contributed by atoms with E-state index in [2.05, 4.69) is 20.8 Å². The van der Waals surface area contributed by atoms with Gasteiger partial charge in [-0.25, -0.2) is 4.68 Å². The van der Waals surface area contributed by atoms with Crippen molar-refractivity contribution in [3.05, 3.63) is 58.8 Å². The number of aromatic nitrogens is 5. The maximum absolute atomic E-state index is 12.1. The lowest BCUT2D eigenvalue weighted by molar-refractivity contribution is -0.116. The number of tetrazole rings is 1. The number of nitrogens with zero attached hydrogens (tertiary/aromatic N) is 5. The van der Waals surface area contributed by atoms with E-state index < -0.39 is 0 Å². The second-order valence-electron chi connectivity index (χ2n) is 5.80. The maximum Gasteiger partial charge on any atom is 0.254 e. The highest BCUT2D eigenvalue weighted by molar-refractivity contribution is 5.90. The van der Waals surface area contributed by atoms with Crippen LogP contribution in [0.1, 0.15) is 18.5 Å². The number of anilines is 1. The van der Waals surface area contributed by atoms with E-state index in [1.165, 1.54) is 21.6 Å². The van der Waals surface area contributed by atoms with Crippen LogP contribution in [0.15, 0.2) is 47.5 Å². The SMILES string of the molecule is Cc1cc(O)cc(=O)n1CCCC(=O)Nc1cccc(-n2cnnn2)c1. The summed E-state index contributed by atoms with van der Waals surface area (Å²) in [6.45, 7) is 2.15. The van der Waals surface area contributed by atoms with Crippen LogP contribution in [0.3, 0.4) is 0 Å². The molecule has 0 fully saturated rings. The van der Waals surface area contributed by atoms with Gasteiger partial charge >= 0.3 is 0 Å². The van der Waals surface area contributed by atoms with E-state index >= 15 is 0 Å². The van der Waals surface area contributed by atoms with Crippen LogP contribution in [0.2, 0.25) is 0 Å². The van der Waals surface area contributed by atoms with Crippen molar-refractivity contribution >= 4 is 11.6 Å². The number of hydrogen-bond donors (Lipinski definition) is 2. The Hall–Kier alpha value is -3.49. The van der Waals surface area contributed by atoms with Gasteiger partial charge < -0.3 is 15.0 Å². The van der Waals surface area contributed by atoms with Crippen molar-refractivity contribution < 1.29 is 9.90 Å². The first-order valence-corrected chi connectivity index (χ1v) is 8.06. The van der Waals surface area contributed by atoms with E-state index in [0.29, 0.717) is 24.3 Å². The zero-order valence-electron chi connectivity index (χ0n) is 14.2. The molecule has 0 saturated carbocycles. The molecule has 9 heteroatoms. The Labute approximate surface area is 148 Å². The molecule has 3 rings (SSSR count). The van der Waals surface area contributed by atoms with Crippen LogP contribution in [-0.2, 0) is 11.3 Å². The zero-order chi connectivity index (χ0) is 18.5. The molecule has 0 aliphatic carbocycles. The summed E-state index contributed by atoms with van der Waals surface area (Å²) in [5, 5.41) is 23.2. The predicted octanol–water partition coefficient (Wildman–Crippen LogP) is 1.26. The van der Waals surface area contributed by atoms with Gasteiger partial charge in [-0.1, -0.05) is 6.07 Å². The number of pyridine rings is 1. The molecule has 0 aliphatic heterocycles. The second kappa shape index (κ2) is 7.60. The van der Waals surface area contributed by atoms with Crippen LogP contribution in [0.25, 0.3) is 5.69 Å². The monoisotopic (exact) mass is 354 g/mol. The highest BCUT2D eigenvalue weighted by atomic mass is 16.3. The number of carbonyl (C=O) groups excluding carboxylic acids is 1. The first-order valence-electron chi connectivity index (χ1n) is 8.06. The Morgan fingerprint density at radius 3 is 2.85 bits per heavy atom. The molecule has 9 nitrogen and oxygen atoms in total. The van der Waals surface area contributed by atoms with E-state index in [1.807, 2.05) is 6.07 Å². The fourth-order valence-corrected chi connectivity index (χ4v) is 2.63. The molecule has 0 aliphatic rings. The van der Waals surface area contributed by atoms with Gasteiger partial charge in [-0.05, 0) is 48.0 Å². The molecule has 134 valence electrons. The van der Waals surface area contributed by atoms with Crippen molar-refractivity contribution in [3.8, 4) is 11.4 Å². The van der Waals surface area contributed by atoms with Crippen molar-refractivity contribution in [2.75, 3.05) is 5.32 Å². The van der Waals surface area contributed by atoms with Crippen molar-refractivity contribution in [1.82, 2.24) is 24.8 Å². The number of aromatic hydroxyl groups is 1. The van der Waals surface area contributed by atoms with E-state index in [1.54, 1.807) is 25.1 Å². The topological polar surface area (TPSA) is 115 Å². The highest BCUT2D eigenvalue weighted by Gasteiger charge is 2.07. The second-order valence-corrected chi connectivity index (χ2v) is 5.80. The van der Waals surface area contributed by atoms with Gasteiger partial charge in [0.25, 0.3) is 5.56 Å². The summed E-state index contributed by atoms with van der Waals surface area (Å²) in [7, 11) is 0. The van der Waals surface area contributed by atoms with Crippen molar-refractivity contribution in [2.45, 2.75) is 26.3 Å². The molecule has 1 aromatic carbocycles. The van der Waals surface area contributed by atoms with Gasteiger partial charge in [0.2, 0.25) is 5.91 Å². The minimum absolute atomic E-state index is 0.0519. The number of aryl methyl sites for hydroxylation is 1. The van der Waals surface area contributed by atoms with Crippen LogP contribution in [0.4, 0.5) is 5.69 Å². The molecule has 0 spiro atoms. The molecule has 1 amide bonds.